The highest BCUT2D eigenvalue weighted by Crippen LogP contribution is 2.48. The fourth-order valence-corrected chi connectivity index (χ4v) is 2.62. The largest absolute Gasteiger partial charge is 0.355 e. The van der Waals surface area contributed by atoms with E-state index < -0.39 is 5.41 Å². The molecule has 2 amide bonds. The van der Waals surface area contributed by atoms with Crippen molar-refractivity contribution >= 4 is 17.5 Å². The monoisotopic (exact) mass is 302 g/mol. The Hall–Kier alpha value is -1.84. The number of carbonyl (C=O) groups excluding carboxylic acids is 2. The first-order valence-corrected chi connectivity index (χ1v) is 8.16. The van der Waals surface area contributed by atoms with Gasteiger partial charge in [-0.2, -0.15) is 0 Å². The summed E-state index contributed by atoms with van der Waals surface area (Å²) in [6.07, 6.45) is 2.25. The normalized spacial score (nSPS) is 15.5. The van der Waals surface area contributed by atoms with Crippen molar-refractivity contribution in [1.29, 1.82) is 0 Å². The summed E-state index contributed by atoms with van der Waals surface area (Å²) in [5.41, 5.74) is 0.0271. The fourth-order valence-electron chi connectivity index (χ4n) is 2.62. The van der Waals surface area contributed by atoms with Gasteiger partial charge in [0.05, 0.1) is 0 Å². The summed E-state index contributed by atoms with van der Waals surface area (Å²) >= 11 is 0. The van der Waals surface area contributed by atoms with E-state index in [9.17, 15) is 9.59 Å². The third-order valence-corrected chi connectivity index (χ3v) is 4.23. The van der Waals surface area contributed by atoms with Crippen molar-refractivity contribution in [3.8, 4) is 0 Å². The SMILES string of the molecule is CCN(C(=O)C1(C(=O)NCCC(C)C)CC1)c1ccccc1. The minimum absolute atomic E-state index is 0.0664. The zero-order valence-electron chi connectivity index (χ0n) is 13.8. The van der Waals surface area contributed by atoms with Crippen LogP contribution in [-0.4, -0.2) is 24.9 Å². The van der Waals surface area contributed by atoms with Crippen LogP contribution in [0.15, 0.2) is 30.3 Å². The van der Waals surface area contributed by atoms with Crippen LogP contribution in [0.2, 0.25) is 0 Å². The van der Waals surface area contributed by atoms with Crippen LogP contribution in [-0.2, 0) is 9.59 Å². The molecule has 0 aromatic heterocycles. The van der Waals surface area contributed by atoms with E-state index in [0.29, 0.717) is 31.8 Å². The van der Waals surface area contributed by atoms with E-state index in [1.165, 1.54) is 0 Å². The Morgan fingerprint density at radius 3 is 2.36 bits per heavy atom. The second-order valence-corrected chi connectivity index (χ2v) is 6.41. The molecular weight excluding hydrogens is 276 g/mol. The lowest BCUT2D eigenvalue weighted by molar-refractivity contribution is -0.135. The molecular formula is C18H26N2O2. The first kappa shape index (κ1) is 16.5. The van der Waals surface area contributed by atoms with Gasteiger partial charge in [-0.05, 0) is 44.2 Å². The predicted molar refractivity (Wildman–Crippen MR) is 88.6 cm³/mol. The molecule has 0 bridgehead atoms. The molecule has 0 atom stereocenters. The van der Waals surface area contributed by atoms with Gasteiger partial charge in [-0.15, -0.1) is 0 Å². The number of carbonyl (C=O) groups is 2. The quantitative estimate of drug-likeness (QED) is 0.787. The van der Waals surface area contributed by atoms with Gasteiger partial charge in [-0.3, -0.25) is 9.59 Å². The number of amides is 2. The zero-order valence-corrected chi connectivity index (χ0v) is 13.8. The van der Waals surface area contributed by atoms with Gasteiger partial charge in [-0.1, -0.05) is 32.0 Å². The molecule has 1 aliphatic rings. The van der Waals surface area contributed by atoms with Gasteiger partial charge in [-0.25, -0.2) is 0 Å². The molecule has 2 rings (SSSR count). The van der Waals surface area contributed by atoms with Crippen LogP contribution in [0.4, 0.5) is 5.69 Å². The van der Waals surface area contributed by atoms with Crippen molar-refractivity contribution in [1.82, 2.24) is 5.32 Å². The van der Waals surface area contributed by atoms with Crippen molar-refractivity contribution in [3.05, 3.63) is 30.3 Å². The van der Waals surface area contributed by atoms with Crippen molar-refractivity contribution in [2.75, 3.05) is 18.0 Å². The summed E-state index contributed by atoms with van der Waals surface area (Å²) in [7, 11) is 0. The van der Waals surface area contributed by atoms with Crippen molar-refractivity contribution < 1.29 is 9.59 Å². The molecule has 0 spiro atoms. The van der Waals surface area contributed by atoms with Crippen LogP contribution in [0.5, 0.6) is 0 Å². The Balaban J connectivity index is 2.05. The Kier molecular flexibility index (Phi) is 5.22. The summed E-state index contributed by atoms with van der Waals surface area (Å²) < 4.78 is 0. The Morgan fingerprint density at radius 2 is 1.86 bits per heavy atom. The molecule has 1 aliphatic carbocycles. The summed E-state index contributed by atoms with van der Waals surface area (Å²) in [5, 5.41) is 2.94. The topological polar surface area (TPSA) is 49.4 Å². The highest BCUT2D eigenvalue weighted by molar-refractivity contribution is 6.14. The molecule has 4 nitrogen and oxygen atoms in total. The zero-order chi connectivity index (χ0) is 16.2. The second kappa shape index (κ2) is 6.95. The van der Waals surface area contributed by atoms with E-state index in [4.69, 9.17) is 0 Å². The Bertz CT molecular complexity index is 521. The summed E-state index contributed by atoms with van der Waals surface area (Å²) in [6, 6.07) is 9.57. The van der Waals surface area contributed by atoms with Gasteiger partial charge in [0.25, 0.3) is 0 Å². The van der Waals surface area contributed by atoms with E-state index >= 15 is 0 Å². The Labute approximate surface area is 132 Å². The molecule has 0 unspecified atom stereocenters. The van der Waals surface area contributed by atoms with Gasteiger partial charge in [0, 0.05) is 18.8 Å². The molecule has 1 aromatic rings. The molecule has 0 saturated heterocycles. The third kappa shape index (κ3) is 3.49. The van der Waals surface area contributed by atoms with E-state index in [2.05, 4.69) is 19.2 Å². The van der Waals surface area contributed by atoms with Crippen molar-refractivity contribution in [2.24, 2.45) is 11.3 Å². The minimum Gasteiger partial charge on any atom is -0.355 e. The number of hydrogen-bond donors (Lipinski definition) is 1. The first-order valence-electron chi connectivity index (χ1n) is 8.16. The highest BCUT2D eigenvalue weighted by atomic mass is 16.2. The molecule has 0 radical (unpaired) electrons. The van der Waals surface area contributed by atoms with Gasteiger partial charge in [0.1, 0.15) is 5.41 Å². The highest BCUT2D eigenvalue weighted by Gasteiger charge is 2.57. The van der Waals surface area contributed by atoms with Crippen LogP contribution in [0.25, 0.3) is 0 Å². The molecule has 1 saturated carbocycles. The maximum Gasteiger partial charge on any atom is 0.242 e. The van der Waals surface area contributed by atoms with Crippen LogP contribution < -0.4 is 10.2 Å². The number of para-hydroxylation sites is 1. The number of rotatable bonds is 7. The number of benzene rings is 1. The van der Waals surface area contributed by atoms with Crippen LogP contribution in [0.3, 0.4) is 0 Å². The first-order chi connectivity index (χ1) is 10.5. The number of hydrogen-bond acceptors (Lipinski definition) is 2. The van der Waals surface area contributed by atoms with E-state index in [1.54, 1.807) is 4.90 Å². The maximum atomic E-state index is 12.9. The fraction of sp³-hybridized carbons (Fsp3) is 0.556. The molecule has 1 aromatic carbocycles. The van der Waals surface area contributed by atoms with E-state index in [1.807, 2.05) is 37.3 Å². The average molecular weight is 302 g/mol. The molecule has 0 heterocycles. The van der Waals surface area contributed by atoms with Gasteiger partial charge in [0.2, 0.25) is 11.8 Å². The lowest BCUT2D eigenvalue weighted by Crippen LogP contribution is -2.45. The van der Waals surface area contributed by atoms with Gasteiger partial charge in [0.15, 0.2) is 0 Å². The van der Waals surface area contributed by atoms with Crippen molar-refractivity contribution in [2.45, 2.75) is 40.0 Å². The van der Waals surface area contributed by atoms with Gasteiger partial charge < -0.3 is 10.2 Å². The van der Waals surface area contributed by atoms with Crippen molar-refractivity contribution in [3.63, 3.8) is 0 Å². The number of nitrogens with zero attached hydrogens (tertiary/aromatic N) is 1. The lowest BCUT2D eigenvalue weighted by Gasteiger charge is -2.26. The summed E-state index contributed by atoms with van der Waals surface area (Å²) in [5.74, 6) is 0.374. The molecule has 1 N–H and O–H groups in total. The smallest absolute Gasteiger partial charge is 0.242 e. The maximum absolute atomic E-state index is 12.9. The summed E-state index contributed by atoms with van der Waals surface area (Å²) in [4.78, 5) is 27.0. The Morgan fingerprint density at radius 1 is 1.23 bits per heavy atom. The lowest BCUT2D eigenvalue weighted by atomic mass is 10.0. The van der Waals surface area contributed by atoms with Crippen LogP contribution in [0.1, 0.15) is 40.0 Å². The number of anilines is 1. The summed E-state index contributed by atoms with van der Waals surface area (Å²) in [6.45, 7) is 7.40. The van der Waals surface area contributed by atoms with E-state index in [-0.39, 0.29) is 11.8 Å². The molecule has 22 heavy (non-hydrogen) atoms. The molecule has 1 fully saturated rings. The van der Waals surface area contributed by atoms with Gasteiger partial charge >= 0.3 is 0 Å². The second-order valence-electron chi connectivity index (χ2n) is 6.41. The van der Waals surface area contributed by atoms with Crippen LogP contribution in [0, 0.1) is 11.3 Å². The van der Waals surface area contributed by atoms with Crippen LogP contribution >= 0.6 is 0 Å². The molecule has 4 heteroatoms. The number of nitrogens with one attached hydrogen (secondary N) is 1. The minimum atomic E-state index is -0.831. The van der Waals surface area contributed by atoms with E-state index in [0.717, 1.165) is 12.1 Å². The third-order valence-electron chi connectivity index (χ3n) is 4.23. The molecule has 120 valence electrons. The molecule has 0 aliphatic heterocycles. The average Bonchev–Trinajstić information content (AvgIpc) is 3.30. The standard InChI is InChI=1S/C18H26N2O2/c1-4-20(15-8-6-5-7-9-15)17(22)18(11-12-18)16(21)19-13-10-14(2)3/h5-9,14H,4,10-13H2,1-3H3,(H,19,21). The predicted octanol–water partition coefficient (Wildman–Crippen LogP) is 2.98.